The Hall–Kier alpha value is -0.840. The van der Waals surface area contributed by atoms with Gasteiger partial charge in [0.2, 0.25) is 0 Å². The third-order valence-corrected chi connectivity index (χ3v) is 3.14. The summed E-state index contributed by atoms with van der Waals surface area (Å²) in [5.74, 6) is -0.116. The second-order valence-corrected chi connectivity index (χ2v) is 4.60. The Kier molecular flexibility index (Phi) is 5.52. The van der Waals surface area contributed by atoms with E-state index in [1.54, 1.807) is 0 Å². The Morgan fingerprint density at radius 1 is 1.38 bits per heavy atom. The second kappa shape index (κ2) is 6.68. The van der Waals surface area contributed by atoms with Crippen LogP contribution in [0.4, 0.5) is 0 Å². The number of carbonyl (C=O) groups is 1. The van der Waals surface area contributed by atoms with Gasteiger partial charge in [-0.15, -0.1) is 0 Å². The molecular weight excluding hydrogens is 224 g/mol. The molecule has 0 spiro atoms. The van der Waals surface area contributed by atoms with Crippen LogP contribution in [-0.4, -0.2) is 30.3 Å². The fraction of sp³-hybridized carbons (Fsp3) is 0.818. The summed E-state index contributed by atoms with van der Waals surface area (Å²) in [6.07, 6.45) is 4.71. The molecule has 1 saturated heterocycles. The predicted molar refractivity (Wildman–Crippen MR) is 67.2 cm³/mol. The molecule has 16 heavy (non-hydrogen) atoms. The van der Waals surface area contributed by atoms with Crippen LogP contribution in [0.25, 0.3) is 0 Å². The van der Waals surface area contributed by atoms with Crippen LogP contribution in [0, 0.1) is 0 Å². The average molecular weight is 244 g/mol. The summed E-state index contributed by atoms with van der Waals surface area (Å²) in [5, 5.41) is 7.18. The minimum atomic E-state index is -0.116. The van der Waals surface area contributed by atoms with E-state index >= 15 is 0 Å². The van der Waals surface area contributed by atoms with Gasteiger partial charge in [-0.3, -0.25) is 4.79 Å². The molecule has 0 aliphatic carbocycles. The summed E-state index contributed by atoms with van der Waals surface area (Å²) in [5.41, 5.74) is 0. The van der Waals surface area contributed by atoms with Gasteiger partial charge in [-0.1, -0.05) is 12.8 Å². The van der Waals surface area contributed by atoms with Crippen molar-refractivity contribution in [3.8, 4) is 0 Å². The molecule has 1 heterocycles. The van der Waals surface area contributed by atoms with E-state index < -0.39 is 0 Å². The van der Waals surface area contributed by atoms with Crippen LogP contribution in [-0.2, 0) is 9.53 Å². The van der Waals surface area contributed by atoms with E-state index in [0.717, 1.165) is 30.8 Å². The first-order valence-corrected chi connectivity index (χ1v) is 6.18. The lowest BCUT2D eigenvalue weighted by Gasteiger charge is -2.13. The zero-order valence-electron chi connectivity index (χ0n) is 9.91. The first kappa shape index (κ1) is 13.2. The highest BCUT2D eigenvalue weighted by Crippen LogP contribution is 2.11. The van der Waals surface area contributed by atoms with Gasteiger partial charge >= 0.3 is 5.97 Å². The molecule has 1 aliphatic rings. The molecular formula is C11H20N2O2S. The molecule has 0 saturated carbocycles. The van der Waals surface area contributed by atoms with Crippen molar-refractivity contribution in [1.82, 2.24) is 10.6 Å². The molecule has 0 aromatic carbocycles. The van der Waals surface area contributed by atoms with Crippen LogP contribution in [0.15, 0.2) is 0 Å². The third-order valence-electron chi connectivity index (χ3n) is 2.90. The van der Waals surface area contributed by atoms with Gasteiger partial charge in [-0.2, -0.15) is 0 Å². The predicted octanol–water partition coefficient (Wildman–Crippen LogP) is 1.34. The molecule has 2 atom stereocenters. The minimum Gasteiger partial charge on any atom is -0.469 e. The highest BCUT2D eigenvalue weighted by Gasteiger charge is 2.24. The maximum atomic E-state index is 10.9. The summed E-state index contributed by atoms with van der Waals surface area (Å²) in [7, 11) is 1.43. The monoisotopic (exact) mass is 244 g/mol. The van der Waals surface area contributed by atoms with E-state index in [1.165, 1.54) is 7.11 Å². The lowest BCUT2D eigenvalue weighted by Crippen LogP contribution is -2.30. The van der Waals surface area contributed by atoms with Gasteiger partial charge in [0, 0.05) is 18.5 Å². The molecule has 0 aromatic heterocycles. The first-order chi connectivity index (χ1) is 7.63. The number of rotatable bonds is 6. The number of thiocarbonyl (C=S) groups is 1. The summed E-state index contributed by atoms with van der Waals surface area (Å²) in [4.78, 5) is 10.9. The van der Waals surface area contributed by atoms with Crippen molar-refractivity contribution in [3.05, 3.63) is 0 Å². The maximum Gasteiger partial charge on any atom is 0.305 e. The first-order valence-electron chi connectivity index (χ1n) is 5.77. The van der Waals surface area contributed by atoms with Crippen LogP contribution < -0.4 is 10.6 Å². The van der Waals surface area contributed by atoms with Gasteiger partial charge in [0.05, 0.1) is 7.11 Å². The lowest BCUT2D eigenvalue weighted by molar-refractivity contribution is -0.140. The molecule has 0 radical (unpaired) electrons. The van der Waals surface area contributed by atoms with Gasteiger partial charge in [-0.25, -0.2) is 0 Å². The standard InChI is InChI=1S/C11H20N2O2S/c1-8-9(13-11(16)12-8)6-4-3-5-7-10(14)15-2/h8-9H,3-7H2,1-2H3,(H2,12,13,16)/t8-,9+/m0/s1. The van der Waals surface area contributed by atoms with Crippen molar-refractivity contribution in [2.75, 3.05) is 7.11 Å². The van der Waals surface area contributed by atoms with Crippen LogP contribution in [0.1, 0.15) is 39.0 Å². The lowest BCUT2D eigenvalue weighted by atomic mass is 10.0. The summed E-state index contributed by atoms with van der Waals surface area (Å²) >= 11 is 5.04. The van der Waals surface area contributed by atoms with E-state index in [2.05, 4.69) is 22.3 Å². The van der Waals surface area contributed by atoms with Crippen molar-refractivity contribution in [1.29, 1.82) is 0 Å². The number of hydrogen-bond acceptors (Lipinski definition) is 3. The van der Waals surface area contributed by atoms with E-state index in [9.17, 15) is 4.79 Å². The van der Waals surface area contributed by atoms with Gasteiger partial charge in [0.1, 0.15) is 0 Å². The Bertz CT molecular complexity index is 258. The van der Waals surface area contributed by atoms with Crippen LogP contribution >= 0.6 is 12.2 Å². The molecule has 4 nitrogen and oxygen atoms in total. The molecule has 92 valence electrons. The van der Waals surface area contributed by atoms with E-state index in [1.807, 2.05) is 0 Å². The summed E-state index contributed by atoms with van der Waals surface area (Å²) in [6.45, 7) is 2.13. The zero-order chi connectivity index (χ0) is 12.0. The molecule has 1 fully saturated rings. The molecule has 0 amide bonds. The molecule has 1 rings (SSSR count). The molecule has 0 unspecified atom stereocenters. The van der Waals surface area contributed by atoms with Gasteiger partial charge in [-0.05, 0) is 32.0 Å². The molecule has 0 bridgehead atoms. The number of esters is 1. The van der Waals surface area contributed by atoms with Crippen LogP contribution in [0.3, 0.4) is 0 Å². The quantitative estimate of drug-likeness (QED) is 0.419. The topological polar surface area (TPSA) is 50.4 Å². The fourth-order valence-electron chi connectivity index (χ4n) is 1.88. The van der Waals surface area contributed by atoms with E-state index in [4.69, 9.17) is 12.2 Å². The molecule has 1 aliphatic heterocycles. The number of carbonyl (C=O) groups excluding carboxylic acids is 1. The largest absolute Gasteiger partial charge is 0.469 e. The highest BCUT2D eigenvalue weighted by atomic mass is 32.1. The Morgan fingerprint density at radius 3 is 2.69 bits per heavy atom. The van der Waals surface area contributed by atoms with Crippen molar-refractivity contribution in [3.63, 3.8) is 0 Å². The van der Waals surface area contributed by atoms with Crippen LogP contribution in [0.2, 0.25) is 0 Å². The molecule has 0 aromatic rings. The van der Waals surface area contributed by atoms with Gasteiger partial charge < -0.3 is 15.4 Å². The van der Waals surface area contributed by atoms with Crippen molar-refractivity contribution in [2.24, 2.45) is 0 Å². The molecule has 5 heteroatoms. The van der Waals surface area contributed by atoms with Gasteiger partial charge in [0.15, 0.2) is 5.11 Å². The van der Waals surface area contributed by atoms with Gasteiger partial charge in [0.25, 0.3) is 0 Å². The number of nitrogens with one attached hydrogen (secondary N) is 2. The SMILES string of the molecule is COC(=O)CCCCC[C@H]1NC(=S)N[C@H]1C. The highest BCUT2D eigenvalue weighted by molar-refractivity contribution is 7.80. The minimum absolute atomic E-state index is 0.116. The Balaban J connectivity index is 2.03. The number of methoxy groups -OCH3 is 1. The fourth-order valence-corrected chi connectivity index (χ4v) is 2.21. The van der Waals surface area contributed by atoms with Crippen LogP contribution in [0.5, 0.6) is 0 Å². The number of hydrogen-bond donors (Lipinski definition) is 2. The number of ether oxygens (including phenoxy) is 1. The second-order valence-electron chi connectivity index (χ2n) is 4.19. The summed E-state index contributed by atoms with van der Waals surface area (Å²) < 4.78 is 4.58. The number of unbranched alkanes of at least 4 members (excludes halogenated alkanes) is 2. The van der Waals surface area contributed by atoms with E-state index in [-0.39, 0.29) is 5.97 Å². The zero-order valence-corrected chi connectivity index (χ0v) is 10.7. The van der Waals surface area contributed by atoms with Crippen molar-refractivity contribution >= 4 is 23.3 Å². The average Bonchev–Trinajstić information content (AvgIpc) is 2.56. The van der Waals surface area contributed by atoms with E-state index in [0.29, 0.717) is 18.5 Å². The van der Waals surface area contributed by atoms with Crippen molar-refractivity contribution in [2.45, 2.75) is 51.1 Å². The smallest absolute Gasteiger partial charge is 0.305 e. The Labute approximate surface area is 102 Å². The normalized spacial score (nSPS) is 23.8. The maximum absolute atomic E-state index is 10.9. The third kappa shape index (κ3) is 4.35. The molecule has 2 N–H and O–H groups in total. The summed E-state index contributed by atoms with van der Waals surface area (Å²) in [6, 6.07) is 0.846. The Morgan fingerprint density at radius 2 is 2.12 bits per heavy atom. The van der Waals surface area contributed by atoms with Crippen molar-refractivity contribution < 1.29 is 9.53 Å².